The molecule has 0 aliphatic carbocycles. The third-order valence-corrected chi connectivity index (χ3v) is 2.77. The summed E-state index contributed by atoms with van der Waals surface area (Å²) < 4.78 is 7.13. The van der Waals surface area contributed by atoms with E-state index in [1.165, 1.54) is 6.07 Å². The first-order valence-corrected chi connectivity index (χ1v) is 4.87. The van der Waals surface area contributed by atoms with Gasteiger partial charge < -0.3 is 18.9 Å². The van der Waals surface area contributed by atoms with Gasteiger partial charge in [-0.2, -0.15) is 0 Å². The van der Waals surface area contributed by atoms with Crippen molar-refractivity contribution in [1.82, 2.24) is 4.57 Å². The molecule has 1 aromatic carbocycles. The van der Waals surface area contributed by atoms with E-state index in [4.69, 9.17) is 4.42 Å². The predicted molar refractivity (Wildman–Crippen MR) is 57.0 cm³/mol. The fourth-order valence-electron chi connectivity index (χ4n) is 2.03. The van der Waals surface area contributed by atoms with Crippen LogP contribution in [-0.2, 0) is 7.05 Å². The third kappa shape index (κ3) is 1.01. The van der Waals surface area contributed by atoms with Gasteiger partial charge in [-0.15, -0.1) is 0 Å². The van der Waals surface area contributed by atoms with Crippen LogP contribution in [0.5, 0.6) is 0 Å². The summed E-state index contributed by atoms with van der Waals surface area (Å²) in [5.74, 6) is -1.20. The number of fused-ring (bicyclic) bond motifs is 3. The zero-order chi connectivity index (χ0) is 11.3. The molecule has 3 aromatic rings. The Kier molecular flexibility index (Phi) is 1.63. The van der Waals surface area contributed by atoms with Crippen LogP contribution in [0.4, 0.5) is 0 Å². The van der Waals surface area contributed by atoms with Crippen LogP contribution in [0.15, 0.2) is 34.7 Å². The minimum absolute atomic E-state index is 0.125. The summed E-state index contributed by atoms with van der Waals surface area (Å²) in [4.78, 5) is 10.9. The standard InChI is InChI=1S/C12H9NO3/c1-13-8(12(14)15)6-10-11(13)7-4-2-3-5-9(7)16-10/h2-6H,1H3,(H,14,15)/p-1. The largest absolute Gasteiger partial charge is 0.543 e. The average Bonchev–Trinajstić information content (AvgIpc) is 2.75. The van der Waals surface area contributed by atoms with Crippen LogP contribution < -0.4 is 5.11 Å². The molecule has 0 atom stereocenters. The zero-order valence-electron chi connectivity index (χ0n) is 8.56. The maximum atomic E-state index is 10.9. The Labute approximate surface area is 90.7 Å². The van der Waals surface area contributed by atoms with Crippen LogP contribution in [0, 0.1) is 0 Å². The molecule has 2 aromatic heterocycles. The number of carboxylic acids is 1. The van der Waals surface area contributed by atoms with E-state index >= 15 is 0 Å². The Morgan fingerprint density at radius 1 is 1.31 bits per heavy atom. The quantitative estimate of drug-likeness (QED) is 0.613. The highest BCUT2D eigenvalue weighted by Crippen LogP contribution is 2.30. The van der Waals surface area contributed by atoms with Crippen molar-refractivity contribution in [3.63, 3.8) is 0 Å². The summed E-state index contributed by atoms with van der Waals surface area (Å²) in [7, 11) is 1.69. The summed E-state index contributed by atoms with van der Waals surface area (Å²) in [6.45, 7) is 0. The Morgan fingerprint density at radius 3 is 2.81 bits per heavy atom. The van der Waals surface area contributed by atoms with Crippen LogP contribution >= 0.6 is 0 Å². The van der Waals surface area contributed by atoms with Crippen molar-refractivity contribution < 1.29 is 14.3 Å². The van der Waals surface area contributed by atoms with Gasteiger partial charge >= 0.3 is 0 Å². The number of carboxylic acid groups (broad SMARTS) is 1. The van der Waals surface area contributed by atoms with Gasteiger partial charge in [-0.1, -0.05) is 12.1 Å². The summed E-state index contributed by atoms with van der Waals surface area (Å²) in [5, 5.41) is 11.8. The molecule has 0 aliphatic heterocycles. The number of carbonyl (C=O) groups is 1. The molecule has 4 nitrogen and oxygen atoms in total. The Balaban J connectivity index is 2.50. The first-order valence-electron chi connectivity index (χ1n) is 4.87. The van der Waals surface area contributed by atoms with Gasteiger partial charge in [0, 0.05) is 18.5 Å². The van der Waals surface area contributed by atoms with E-state index in [1.807, 2.05) is 24.3 Å². The number of furan rings is 1. The highest BCUT2D eigenvalue weighted by molar-refractivity contribution is 6.06. The maximum absolute atomic E-state index is 10.9. The molecular formula is C12H8NO3-. The van der Waals surface area contributed by atoms with Gasteiger partial charge in [0.05, 0.1) is 17.2 Å². The SMILES string of the molecule is Cn1c(C(=O)[O-])cc2oc3ccccc3c21. The van der Waals surface area contributed by atoms with E-state index in [-0.39, 0.29) is 5.69 Å². The molecule has 0 bridgehead atoms. The number of aryl methyl sites for hydroxylation is 1. The van der Waals surface area contributed by atoms with Crippen molar-refractivity contribution in [1.29, 1.82) is 0 Å². The lowest BCUT2D eigenvalue weighted by Crippen LogP contribution is -2.24. The first-order chi connectivity index (χ1) is 7.68. The predicted octanol–water partition coefficient (Wildman–Crippen LogP) is 1.29. The number of aromatic carboxylic acids is 1. The topological polar surface area (TPSA) is 58.2 Å². The number of para-hydroxylation sites is 1. The van der Waals surface area contributed by atoms with Gasteiger partial charge in [0.15, 0.2) is 5.58 Å². The number of hydrogen-bond acceptors (Lipinski definition) is 3. The molecule has 0 fully saturated rings. The van der Waals surface area contributed by atoms with Gasteiger partial charge in [0.25, 0.3) is 0 Å². The van der Waals surface area contributed by atoms with E-state index in [0.717, 1.165) is 16.5 Å². The van der Waals surface area contributed by atoms with Crippen molar-refractivity contribution in [3.05, 3.63) is 36.0 Å². The first kappa shape index (κ1) is 9.03. The Morgan fingerprint density at radius 2 is 2.06 bits per heavy atom. The van der Waals surface area contributed by atoms with Gasteiger partial charge in [-0.3, -0.25) is 0 Å². The molecule has 0 N–H and O–H groups in total. The number of nitrogens with zero attached hydrogens (tertiary/aromatic N) is 1. The molecule has 0 saturated heterocycles. The molecule has 0 amide bonds. The van der Waals surface area contributed by atoms with Crippen molar-refractivity contribution in [3.8, 4) is 0 Å². The lowest BCUT2D eigenvalue weighted by atomic mass is 10.2. The highest BCUT2D eigenvalue weighted by atomic mass is 16.4. The number of aromatic nitrogens is 1. The number of carbonyl (C=O) groups excluding carboxylic acids is 1. The second-order valence-corrected chi connectivity index (χ2v) is 3.69. The molecular weight excluding hydrogens is 206 g/mol. The van der Waals surface area contributed by atoms with Crippen LogP contribution in [0.25, 0.3) is 22.1 Å². The van der Waals surface area contributed by atoms with Gasteiger partial charge in [0.1, 0.15) is 5.58 Å². The summed E-state index contributed by atoms with van der Waals surface area (Å²) in [6.07, 6.45) is 0. The number of rotatable bonds is 1. The second kappa shape index (κ2) is 2.88. The van der Waals surface area contributed by atoms with Crippen LogP contribution in [0.2, 0.25) is 0 Å². The van der Waals surface area contributed by atoms with E-state index < -0.39 is 5.97 Å². The minimum Gasteiger partial charge on any atom is -0.543 e. The molecule has 2 heterocycles. The average molecular weight is 214 g/mol. The van der Waals surface area contributed by atoms with Crippen molar-refractivity contribution in [2.45, 2.75) is 0 Å². The molecule has 0 unspecified atom stereocenters. The molecule has 0 spiro atoms. The Hall–Kier alpha value is -2.23. The van der Waals surface area contributed by atoms with E-state index in [9.17, 15) is 9.90 Å². The molecule has 0 radical (unpaired) electrons. The summed E-state index contributed by atoms with van der Waals surface area (Å²) in [6, 6.07) is 9.02. The number of benzene rings is 1. The lowest BCUT2D eigenvalue weighted by molar-refractivity contribution is -0.255. The van der Waals surface area contributed by atoms with Crippen molar-refractivity contribution in [2.75, 3.05) is 0 Å². The normalized spacial score (nSPS) is 11.3. The van der Waals surface area contributed by atoms with Crippen molar-refractivity contribution >= 4 is 28.0 Å². The van der Waals surface area contributed by atoms with Crippen LogP contribution in [0.1, 0.15) is 10.5 Å². The lowest BCUT2D eigenvalue weighted by Gasteiger charge is -2.03. The fourth-order valence-corrected chi connectivity index (χ4v) is 2.03. The minimum atomic E-state index is -1.20. The molecule has 4 heteroatoms. The van der Waals surface area contributed by atoms with Crippen LogP contribution in [0.3, 0.4) is 0 Å². The zero-order valence-corrected chi connectivity index (χ0v) is 8.56. The molecule has 3 rings (SSSR count). The fraction of sp³-hybridized carbons (Fsp3) is 0.0833. The van der Waals surface area contributed by atoms with Crippen LogP contribution in [-0.4, -0.2) is 10.5 Å². The maximum Gasteiger partial charge on any atom is 0.154 e. The monoisotopic (exact) mass is 214 g/mol. The summed E-state index contributed by atoms with van der Waals surface area (Å²) >= 11 is 0. The molecule has 0 saturated carbocycles. The van der Waals surface area contributed by atoms with Gasteiger partial charge in [0.2, 0.25) is 0 Å². The highest BCUT2D eigenvalue weighted by Gasteiger charge is 2.13. The third-order valence-electron chi connectivity index (χ3n) is 2.77. The van der Waals surface area contributed by atoms with Crippen molar-refractivity contribution in [2.24, 2.45) is 7.05 Å². The van der Waals surface area contributed by atoms with E-state index in [2.05, 4.69) is 0 Å². The van der Waals surface area contributed by atoms with E-state index in [1.54, 1.807) is 11.6 Å². The van der Waals surface area contributed by atoms with E-state index in [0.29, 0.717) is 5.58 Å². The van der Waals surface area contributed by atoms with Gasteiger partial charge in [-0.05, 0) is 12.1 Å². The molecule has 80 valence electrons. The van der Waals surface area contributed by atoms with Gasteiger partial charge in [-0.25, -0.2) is 0 Å². The number of hydrogen-bond donors (Lipinski definition) is 0. The Bertz CT molecular complexity index is 706. The summed E-state index contributed by atoms with van der Waals surface area (Å²) in [5.41, 5.74) is 2.24. The second-order valence-electron chi connectivity index (χ2n) is 3.69. The molecule has 0 aliphatic rings. The smallest absolute Gasteiger partial charge is 0.154 e. The molecule has 16 heavy (non-hydrogen) atoms.